The van der Waals surface area contributed by atoms with Gasteiger partial charge in [-0.25, -0.2) is 19.9 Å². The summed E-state index contributed by atoms with van der Waals surface area (Å²) >= 11 is 0. The van der Waals surface area contributed by atoms with Crippen LogP contribution in [0.1, 0.15) is 63.1 Å². The smallest absolute Gasteiger partial charge is 0.267 e. The van der Waals surface area contributed by atoms with Crippen molar-refractivity contribution >= 4 is 28.5 Å². The van der Waals surface area contributed by atoms with Crippen molar-refractivity contribution in [3.63, 3.8) is 0 Å². The highest BCUT2D eigenvalue weighted by molar-refractivity contribution is 6.37. The molecular weight excluding hydrogens is 404 g/mol. The molecule has 1 aliphatic rings. The number of amides is 2. The maximum Gasteiger partial charge on any atom is 0.267 e. The van der Waals surface area contributed by atoms with Gasteiger partial charge in [0, 0.05) is 17.6 Å². The van der Waals surface area contributed by atoms with Crippen molar-refractivity contribution in [2.24, 2.45) is 0 Å². The van der Waals surface area contributed by atoms with E-state index in [4.69, 9.17) is 0 Å². The quantitative estimate of drug-likeness (QED) is 0.459. The summed E-state index contributed by atoms with van der Waals surface area (Å²) in [6, 6.07) is 9.37. The van der Waals surface area contributed by atoms with Crippen molar-refractivity contribution < 1.29 is 9.59 Å². The molecule has 0 saturated heterocycles. The van der Waals surface area contributed by atoms with Crippen molar-refractivity contribution in [3.05, 3.63) is 70.3 Å². The maximum atomic E-state index is 13.5. The van der Waals surface area contributed by atoms with E-state index in [0.717, 1.165) is 17.0 Å². The third-order valence-electron chi connectivity index (χ3n) is 5.70. The number of anilines is 1. The fraction of sp³-hybridized carbons (Fsp3) is 0.250. The number of rotatable bonds is 3. The first-order chi connectivity index (χ1) is 15.3. The lowest BCUT2D eigenvalue weighted by atomic mass is 10.0. The molecule has 4 heterocycles. The lowest BCUT2D eigenvalue weighted by molar-refractivity contribution is 0.0926. The standard InChI is InChI=1S/C24H22N6O2/c1-12(2)16-6-8-17(9-7-16)29-22(31)18-11-25-21-19(20(18)23(29)32)15(5)28-30(21)24-26-13(3)10-14(4)27-24/h6-12H,1-5H3. The molecule has 160 valence electrons. The Hall–Kier alpha value is -3.94. The summed E-state index contributed by atoms with van der Waals surface area (Å²) in [7, 11) is 0. The van der Waals surface area contributed by atoms with Gasteiger partial charge in [0.05, 0.1) is 27.9 Å². The number of carbonyl (C=O) groups is 2. The Kier molecular flexibility index (Phi) is 4.40. The fourth-order valence-corrected chi connectivity index (χ4v) is 4.14. The van der Waals surface area contributed by atoms with Crippen molar-refractivity contribution in [2.75, 3.05) is 4.90 Å². The second-order valence-corrected chi connectivity index (χ2v) is 8.39. The van der Waals surface area contributed by atoms with Gasteiger partial charge in [-0.05, 0) is 50.5 Å². The Morgan fingerprint density at radius 2 is 1.56 bits per heavy atom. The third kappa shape index (κ3) is 2.90. The Bertz CT molecular complexity index is 1400. The minimum atomic E-state index is -0.383. The number of hydrogen-bond donors (Lipinski definition) is 0. The van der Waals surface area contributed by atoms with Crippen LogP contribution in [-0.4, -0.2) is 36.5 Å². The van der Waals surface area contributed by atoms with Crippen LogP contribution in [0.3, 0.4) is 0 Å². The van der Waals surface area contributed by atoms with Crippen LogP contribution in [0.15, 0.2) is 36.5 Å². The number of pyridine rings is 1. The van der Waals surface area contributed by atoms with Gasteiger partial charge in [-0.3, -0.25) is 9.59 Å². The van der Waals surface area contributed by atoms with Crippen LogP contribution in [0.5, 0.6) is 0 Å². The number of aryl methyl sites for hydroxylation is 3. The number of nitrogens with zero attached hydrogens (tertiary/aromatic N) is 6. The number of fused-ring (bicyclic) bond motifs is 3. The predicted octanol–water partition coefficient (Wildman–Crippen LogP) is 4.06. The summed E-state index contributed by atoms with van der Waals surface area (Å²) in [5, 5.41) is 5.10. The molecule has 0 fully saturated rings. The summed E-state index contributed by atoms with van der Waals surface area (Å²) < 4.78 is 1.53. The Morgan fingerprint density at radius 1 is 0.906 bits per heavy atom. The molecule has 2 amide bonds. The van der Waals surface area contributed by atoms with Crippen molar-refractivity contribution in [2.45, 2.75) is 40.5 Å². The lowest BCUT2D eigenvalue weighted by Crippen LogP contribution is -2.29. The highest BCUT2D eigenvalue weighted by Gasteiger charge is 2.40. The SMILES string of the molecule is Cc1cc(C)nc(-n2nc(C)c3c4c(cnc32)C(=O)N(c2ccc(C(C)C)cc2)C4=O)n1. The minimum absolute atomic E-state index is 0.277. The zero-order valence-corrected chi connectivity index (χ0v) is 18.5. The second-order valence-electron chi connectivity index (χ2n) is 8.39. The minimum Gasteiger partial charge on any atom is -0.268 e. The zero-order valence-electron chi connectivity index (χ0n) is 18.5. The molecule has 8 heteroatoms. The maximum absolute atomic E-state index is 13.5. The normalized spacial score (nSPS) is 13.5. The van der Waals surface area contributed by atoms with Crippen LogP contribution in [0.25, 0.3) is 17.0 Å². The van der Waals surface area contributed by atoms with Crippen LogP contribution in [0.2, 0.25) is 0 Å². The van der Waals surface area contributed by atoms with Gasteiger partial charge in [-0.1, -0.05) is 26.0 Å². The van der Waals surface area contributed by atoms with Crippen LogP contribution in [0.4, 0.5) is 5.69 Å². The zero-order chi connectivity index (χ0) is 22.7. The van der Waals surface area contributed by atoms with E-state index >= 15 is 0 Å². The predicted molar refractivity (Wildman–Crippen MR) is 120 cm³/mol. The van der Waals surface area contributed by atoms with Gasteiger partial charge < -0.3 is 0 Å². The molecular formula is C24H22N6O2. The van der Waals surface area contributed by atoms with Gasteiger partial charge in [-0.2, -0.15) is 9.78 Å². The molecule has 0 radical (unpaired) electrons. The monoisotopic (exact) mass is 426 g/mol. The van der Waals surface area contributed by atoms with Crippen molar-refractivity contribution in [1.82, 2.24) is 24.7 Å². The van der Waals surface area contributed by atoms with E-state index in [9.17, 15) is 9.59 Å². The first-order valence-electron chi connectivity index (χ1n) is 10.5. The van der Waals surface area contributed by atoms with E-state index in [0.29, 0.717) is 39.8 Å². The Labute approximate surface area is 184 Å². The van der Waals surface area contributed by atoms with Gasteiger partial charge in [0.25, 0.3) is 17.8 Å². The topological polar surface area (TPSA) is 93.9 Å². The molecule has 5 rings (SSSR count). The average molecular weight is 426 g/mol. The molecule has 1 aliphatic heterocycles. The number of benzene rings is 1. The van der Waals surface area contributed by atoms with Crippen molar-refractivity contribution in [3.8, 4) is 5.95 Å². The van der Waals surface area contributed by atoms with Gasteiger partial charge in [-0.15, -0.1) is 0 Å². The molecule has 0 bridgehead atoms. The molecule has 0 unspecified atom stereocenters. The molecule has 8 nitrogen and oxygen atoms in total. The highest BCUT2D eigenvalue weighted by Crippen LogP contribution is 2.34. The first kappa shape index (κ1) is 20.0. The van der Waals surface area contributed by atoms with Gasteiger partial charge in [0.1, 0.15) is 0 Å². The molecule has 0 saturated carbocycles. The highest BCUT2D eigenvalue weighted by atomic mass is 16.2. The van der Waals surface area contributed by atoms with Crippen LogP contribution in [-0.2, 0) is 0 Å². The molecule has 0 N–H and O–H groups in total. The molecule has 3 aromatic heterocycles. The molecule has 32 heavy (non-hydrogen) atoms. The average Bonchev–Trinajstić information content (AvgIpc) is 3.21. The molecule has 1 aromatic carbocycles. The largest absolute Gasteiger partial charge is 0.268 e. The summed E-state index contributed by atoms with van der Waals surface area (Å²) in [5.41, 5.74) is 4.92. The van der Waals surface area contributed by atoms with Crippen LogP contribution >= 0.6 is 0 Å². The molecule has 0 aliphatic carbocycles. The van der Waals surface area contributed by atoms with E-state index in [-0.39, 0.29) is 17.4 Å². The summed E-state index contributed by atoms with van der Waals surface area (Å²) in [6.07, 6.45) is 1.45. The van der Waals surface area contributed by atoms with Gasteiger partial charge in [0.15, 0.2) is 5.65 Å². The van der Waals surface area contributed by atoms with Crippen LogP contribution < -0.4 is 4.90 Å². The number of hydrogen-bond acceptors (Lipinski definition) is 6. The number of imide groups is 1. The van der Waals surface area contributed by atoms with Crippen LogP contribution in [0, 0.1) is 20.8 Å². The number of aromatic nitrogens is 5. The summed E-state index contributed by atoms with van der Waals surface area (Å²) in [6.45, 7) is 9.75. The van der Waals surface area contributed by atoms with E-state index in [1.807, 2.05) is 32.0 Å². The van der Waals surface area contributed by atoms with E-state index in [2.05, 4.69) is 33.9 Å². The van der Waals surface area contributed by atoms with E-state index < -0.39 is 0 Å². The van der Waals surface area contributed by atoms with E-state index in [1.165, 1.54) is 15.8 Å². The Balaban J connectivity index is 1.66. The molecule has 4 aromatic rings. The number of carbonyl (C=O) groups excluding carboxylic acids is 2. The fourth-order valence-electron chi connectivity index (χ4n) is 4.14. The lowest BCUT2D eigenvalue weighted by Gasteiger charge is -2.15. The first-order valence-corrected chi connectivity index (χ1v) is 10.5. The third-order valence-corrected chi connectivity index (χ3v) is 5.70. The summed E-state index contributed by atoms with van der Waals surface area (Å²) in [4.78, 5) is 41.2. The Morgan fingerprint density at radius 3 is 2.19 bits per heavy atom. The van der Waals surface area contributed by atoms with Gasteiger partial charge >= 0.3 is 0 Å². The molecule has 0 atom stereocenters. The summed E-state index contributed by atoms with van der Waals surface area (Å²) in [5.74, 6) is -0.0211. The van der Waals surface area contributed by atoms with Crippen molar-refractivity contribution in [1.29, 1.82) is 0 Å². The second kappa shape index (κ2) is 7.05. The molecule has 0 spiro atoms. The van der Waals surface area contributed by atoms with E-state index in [1.54, 1.807) is 19.1 Å². The van der Waals surface area contributed by atoms with Gasteiger partial charge in [0.2, 0.25) is 0 Å².